The van der Waals surface area contributed by atoms with E-state index in [1.165, 1.54) is 16.0 Å². The monoisotopic (exact) mass is 446 g/mol. The summed E-state index contributed by atoms with van der Waals surface area (Å²) in [6, 6.07) is 15.6. The summed E-state index contributed by atoms with van der Waals surface area (Å²) in [5.41, 5.74) is 1.70. The fourth-order valence-corrected chi connectivity index (χ4v) is 4.87. The highest BCUT2D eigenvalue weighted by Crippen LogP contribution is 2.29. The first-order valence-electron chi connectivity index (χ1n) is 10.5. The number of aryl methyl sites for hydroxylation is 1. The summed E-state index contributed by atoms with van der Waals surface area (Å²) in [5.74, 6) is 0.800. The van der Waals surface area contributed by atoms with Gasteiger partial charge in [-0.25, -0.2) is 14.6 Å². The van der Waals surface area contributed by atoms with Gasteiger partial charge in [0.15, 0.2) is 5.52 Å². The Morgan fingerprint density at radius 2 is 1.78 bits per heavy atom. The van der Waals surface area contributed by atoms with Crippen molar-refractivity contribution in [1.29, 1.82) is 0 Å². The largest absolute Gasteiger partial charge is 0.353 e. The van der Waals surface area contributed by atoms with Gasteiger partial charge in [0.1, 0.15) is 17.4 Å². The molecule has 1 aliphatic rings. The van der Waals surface area contributed by atoms with Crippen LogP contribution in [0.3, 0.4) is 0 Å². The van der Waals surface area contributed by atoms with Crippen molar-refractivity contribution in [2.45, 2.75) is 13.5 Å². The minimum absolute atomic E-state index is 0.0859. The lowest BCUT2D eigenvalue weighted by molar-refractivity contribution is -0.132. The van der Waals surface area contributed by atoms with Crippen molar-refractivity contribution < 1.29 is 4.79 Å². The number of piperazine rings is 1. The van der Waals surface area contributed by atoms with Crippen LogP contribution < -0.4 is 10.5 Å². The molecule has 1 amide bonds. The number of nitrogens with zero attached hydrogens (tertiary/aromatic N) is 6. The molecule has 3 aromatic heterocycles. The fourth-order valence-electron chi connectivity index (χ4n) is 3.87. The van der Waals surface area contributed by atoms with Gasteiger partial charge in [-0.2, -0.15) is 5.10 Å². The molecule has 0 bridgehead atoms. The van der Waals surface area contributed by atoms with Crippen molar-refractivity contribution in [2.75, 3.05) is 31.1 Å². The zero-order chi connectivity index (χ0) is 22.1. The van der Waals surface area contributed by atoms with Crippen LogP contribution in [0.25, 0.3) is 20.8 Å². The second-order valence-electron chi connectivity index (χ2n) is 7.67. The summed E-state index contributed by atoms with van der Waals surface area (Å²) in [6.45, 7) is 4.34. The van der Waals surface area contributed by atoms with E-state index in [1.807, 2.05) is 55.5 Å². The molecule has 162 valence electrons. The van der Waals surface area contributed by atoms with Crippen molar-refractivity contribution in [2.24, 2.45) is 0 Å². The Bertz CT molecular complexity index is 1310. The predicted octanol–water partition coefficient (Wildman–Crippen LogP) is 2.57. The van der Waals surface area contributed by atoms with E-state index in [1.54, 1.807) is 11.1 Å². The molecule has 0 radical (unpaired) electrons. The van der Waals surface area contributed by atoms with Gasteiger partial charge in [0.25, 0.3) is 5.56 Å². The predicted molar refractivity (Wildman–Crippen MR) is 125 cm³/mol. The second-order valence-corrected chi connectivity index (χ2v) is 8.67. The highest BCUT2D eigenvalue weighted by molar-refractivity contribution is 7.21. The highest BCUT2D eigenvalue weighted by atomic mass is 32.1. The zero-order valence-corrected chi connectivity index (χ0v) is 18.5. The lowest BCUT2D eigenvalue weighted by Crippen LogP contribution is -2.50. The van der Waals surface area contributed by atoms with E-state index in [-0.39, 0.29) is 18.0 Å². The van der Waals surface area contributed by atoms with Gasteiger partial charge < -0.3 is 9.80 Å². The van der Waals surface area contributed by atoms with Crippen LogP contribution in [0.5, 0.6) is 0 Å². The Kier molecular flexibility index (Phi) is 5.40. The van der Waals surface area contributed by atoms with Crippen molar-refractivity contribution in [3.05, 3.63) is 70.8 Å². The van der Waals surface area contributed by atoms with Gasteiger partial charge in [-0.3, -0.25) is 9.59 Å². The number of amides is 1. The smallest absolute Gasteiger partial charge is 0.294 e. The average Bonchev–Trinajstić information content (AvgIpc) is 3.30. The van der Waals surface area contributed by atoms with Crippen molar-refractivity contribution in [1.82, 2.24) is 24.6 Å². The van der Waals surface area contributed by atoms with E-state index < -0.39 is 0 Å². The van der Waals surface area contributed by atoms with E-state index in [4.69, 9.17) is 0 Å². The second kappa shape index (κ2) is 8.51. The maximum absolute atomic E-state index is 13.0. The van der Waals surface area contributed by atoms with Gasteiger partial charge in [0.2, 0.25) is 5.91 Å². The SMILES string of the molecule is Cc1nn(CC(=O)N2CCN(c3ccccn3)CC2)c(=O)c2nc(-c3ccccc3)sc12. The van der Waals surface area contributed by atoms with E-state index in [0.717, 1.165) is 21.1 Å². The molecule has 32 heavy (non-hydrogen) atoms. The molecule has 4 heterocycles. The molecule has 1 aromatic carbocycles. The number of aromatic nitrogens is 4. The number of fused-ring (bicyclic) bond motifs is 1. The van der Waals surface area contributed by atoms with Crippen molar-refractivity contribution in [3.63, 3.8) is 0 Å². The summed E-state index contributed by atoms with van der Waals surface area (Å²) < 4.78 is 2.01. The Morgan fingerprint density at radius 1 is 1.03 bits per heavy atom. The van der Waals surface area contributed by atoms with E-state index >= 15 is 0 Å². The summed E-state index contributed by atoms with van der Waals surface area (Å²) in [5, 5.41) is 5.19. The van der Waals surface area contributed by atoms with Gasteiger partial charge in [-0.15, -0.1) is 11.3 Å². The third kappa shape index (κ3) is 3.87. The molecule has 0 saturated carbocycles. The molecular formula is C23H22N6O2S. The highest BCUT2D eigenvalue weighted by Gasteiger charge is 2.23. The number of carbonyl (C=O) groups is 1. The van der Waals surface area contributed by atoms with E-state index in [0.29, 0.717) is 37.4 Å². The maximum atomic E-state index is 13.0. The zero-order valence-electron chi connectivity index (χ0n) is 17.6. The number of pyridine rings is 1. The lowest BCUT2D eigenvalue weighted by atomic mass is 10.2. The van der Waals surface area contributed by atoms with E-state index in [9.17, 15) is 9.59 Å². The first-order valence-corrected chi connectivity index (χ1v) is 11.3. The Balaban J connectivity index is 1.33. The van der Waals surface area contributed by atoms with E-state index in [2.05, 4.69) is 20.0 Å². The molecule has 0 N–H and O–H groups in total. The van der Waals surface area contributed by atoms with Crippen molar-refractivity contribution >= 4 is 33.3 Å². The van der Waals surface area contributed by atoms with Crippen LogP contribution in [-0.4, -0.2) is 56.7 Å². The summed E-state index contributed by atoms with van der Waals surface area (Å²) >= 11 is 1.45. The molecule has 1 saturated heterocycles. The van der Waals surface area contributed by atoms with Crippen LogP contribution in [-0.2, 0) is 11.3 Å². The summed E-state index contributed by atoms with van der Waals surface area (Å²) in [7, 11) is 0. The van der Waals surface area contributed by atoms with Gasteiger partial charge in [0, 0.05) is 37.9 Å². The van der Waals surface area contributed by atoms with Gasteiger partial charge in [-0.1, -0.05) is 36.4 Å². The van der Waals surface area contributed by atoms with Crippen LogP contribution in [0, 0.1) is 6.92 Å². The van der Waals surface area contributed by atoms with Gasteiger partial charge in [0.05, 0.1) is 10.4 Å². The maximum Gasteiger partial charge on any atom is 0.294 e. The van der Waals surface area contributed by atoms with Crippen LogP contribution in [0.15, 0.2) is 59.5 Å². The Hall–Kier alpha value is -3.59. The number of rotatable bonds is 4. The molecule has 1 aliphatic heterocycles. The number of benzene rings is 1. The molecule has 5 rings (SSSR count). The molecule has 0 spiro atoms. The van der Waals surface area contributed by atoms with Crippen LogP contribution in [0.1, 0.15) is 5.69 Å². The van der Waals surface area contributed by atoms with Crippen LogP contribution >= 0.6 is 11.3 Å². The number of anilines is 1. The third-order valence-electron chi connectivity index (χ3n) is 5.57. The topological polar surface area (TPSA) is 84.2 Å². The first-order chi connectivity index (χ1) is 15.6. The number of carbonyl (C=O) groups excluding carboxylic acids is 1. The van der Waals surface area contributed by atoms with Gasteiger partial charge >= 0.3 is 0 Å². The van der Waals surface area contributed by atoms with Gasteiger partial charge in [-0.05, 0) is 19.1 Å². The molecule has 8 nitrogen and oxygen atoms in total. The Morgan fingerprint density at radius 3 is 2.50 bits per heavy atom. The van der Waals surface area contributed by atoms with Crippen LogP contribution in [0.2, 0.25) is 0 Å². The minimum Gasteiger partial charge on any atom is -0.353 e. The molecule has 9 heteroatoms. The molecule has 0 atom stereocenters. The molecule has 0 aliphatic carbocycles. The summed E-state index contributed by atoms with van der Waals surface area (Å²) in [6.07, 6.45) is 1.77. The number of thiazole rings is 1. The third-order valence-corrected chi connectivity index (χ3v) is 6.79. The molecular weight excluding hydrogens is 424 g/mol. The number of hydrogen-bond donors (Lipinski definition) is 0. The number of hydrogen-bond acceptors (Lipinski definition) is 7. The average molecular weight is 447 g/mol. The minimum atomic E-state index is -0.329. The van der Waals surface area contributed by atoms with Crippen molar-refractivity contribution in [3.8, 4) is 10.6 Å². The normalized spacial score (nSPS) is 14.2. The first kappa shape index (κ1) is 20.3. The summed E-state index contributed by atoms with van der Waals surface area (Å²) in [4.78, 5) is 38.8. The molecule has 4 aromatic rings. The Labute approximate surface area is 188 Å². The van der Waals surface area contributed by atoms with Crippen LogP contribution in [0.4, 0.5) is 5.82 Å². The lowest BCUT2D eigenvalue weighted by Gasteiger charge is -2.35. The molecule has 1 fully saturated rings. The quantitative estimate of drug-likeness (QED) is 0.479. The standard InChI is InChI=1S/C23H22N6O2S/c1-16-21-20(25-22(32-21)17-7-3-2-4-8-17)23(31)29(26-16)15-19(30)28-13-11-27(12-14-28)18-9-5-6-10-24-18/h2-10H,11-15H2,1H3. The fraction of sp³-hybridized carbons (Fsp3) is 0.261. The molecule has 0 unspecified atom stereocenters.